The van der Waals surface area contributed by atoms with E-state index in [-0.39, 0.29) is 11.7 Å². The molecule has 2 nitrogen and oxygen atoms in total. The first kappa shape index (κ1) is 10.4. The Balaban J connectivity index is 2.70. The van der Waals surface area contributed by atoms with Gasteiger partial charge in [0.25, 0.3) is 5.91 Å². The van der Waals surface area contributed by atoms with Crippen molar-refractivity contribution in [3.63, 3.8) is 0 Å². The molecule has 1 rings (SSSR count). The van der Waals surface area contributed by atoms with Crippen molar-refractivity contribution in [2.75, 3.05) is 5.32 Å². The molecule has 0 saturated carbocycles. The largest absolute Gasteiger partial charge is 0.322 e. The second-order valence-electron chi connectivity index (χ2n) is 2.93. The highest BCUT2D eigenvalue weighted by atomic mass is 19.1. The van der Waals surface area contributed by atoms with Crippen LogP contribution in [0, 0.1) is 5.82 Å². The van der Waals surface area contributed by atoms with E-state index in [0.29, 0.717) is 11.3 Å². The maximum Gasteiger partial charge on any atom is 0.250 e. The topological polar surface area (TPSA) is 29.1 Å². The average Bonchev–Trinajstić information content (AvgIpc) is 2.20. The third kappa shape index (κ3) is 2.69. The van der Waals surface area contributed by atoms with Crippen molar-refractivity contribution >= 4 is 11.6 Å². The first-order chi connectivity index (χ1) is 6.63. The number of hydrogen-bond donors (Lipinski definition) is 1. The van der Waals surface area contributed by atoms with E-state index in [9.17, 15) is 9.18 Å². The number of nitrogens with one attached hydrogen (secondary N) is 1. The first-order valence-corrected chi connectivity index (χ1v) is 4.33. The molecule has 1 amide bonds. The molecule has 0 unspecified atom stereocenters. The Kier molecular flexibility index (Phi) is 3.40. The predicted octanol–water partition coefficient (Wildman–Crippen LogP) is 2.73. The summed E-state index contributed by atoms with van der Waals surface area (Å²) in [6, 6.07) is 5.66. The molecule has 0 aliphatic carbocycles. The minimum absolute atomic E-state index is 0.167. The van der Waals surface area contributed by atoms with Gasteiger partial charge < -0.3 is 5.32 Å². The molecule has 74 valence electrons. The molecule has 0 atom stereocenters. The Morgan fingerprint density at radius 3 is 2.43 bits per heavy atom. The Morgan fingerprint density at radius 2 is 1.93 bits per heavy atom. The molecule has 0 heterocycles. The van der Waals surface area contributed by atoms with Crippen molar-refractivity contribution in [2.45, 2.75) is 13.8 Å². The molecule has 1 aromatic carbocycles. The van der Waals surface area contributed by atoms with Crippen molar-refractivity contribution in [2.24, 2.45) is 0 Å². The second kappa shape index (κ2) is 4.56. The maximum absolute atomic E-state index is 12.5. The quantitative estimate of drug-likeness (QED) is 0.719. The fourth-order valence-electron chi connectivity index (χ4n) is 0.894. The predicted molar refractivity (Wildman–Crippen MR) is 54.5 cm³/mol. The summed E-state index contributed by atoms with van der Waals surface area (Å²) in [6.07, 6.45) is 1.72. The Labute approximate surface area is 82.4 Å². The van der Waals surface area contributed by atoms with Gasteiger partial charge in [-0.15, -0.1) is 0 Å². The molecule has 0 aromatic heterocycles. The van der Waals surface area contributed by atoms with Gasteiger partial charge in [-0.05, 0) is 38.1 Å². The van der Waals surface area contributed by atoms with Crippen molar-refractivity contribution in [1.29, 1.82) is 0 Å². The number of hydrogen-bond acceptors (Lipinski definition) is 1. The fourth-order valence-corrected chi connectivity index (χ4v) is 0.894. The van der Waals surface area contributed by atoms with Gasteiger partial charge in [-0.2, -0.15) is 0 Å². The lowest BCUT2D eigenvalue weighted by atomic mass is 10.2. The normalized spacial score (nSPS) is 11.2. The van der Waals surface area contributed by atoms with Crippen molar-refractivity contribution in [3.05, 3.63) is 41.7 Å². The van der Waals surface area contributed by atoms with Crippen molar-refractivity contribution < 1.29 is 9.18 Å². The highest BCUT2D eigenvalue weighted by molar-refractivity contribution is 6.03. The Hall–Kier alpha value is -1.64. The number of rotatable bonds is 2. The SMILES string of the molecule is C/C=C(/C)C(=O)Nc1ccc(F)cc1. The molecular weight excluding hydrogens is 181 g/mol. The molecule has 0 aliphatic rings. The van der Waals surface area contributed by atoms with E-state index in [0.717, 1.165) is 0 Å². The molecule has 0 bridgehead atoms. The zero-order valence-corrected chi connectivity index (χ0v) is 8.17. The zero-order valence-electron chi connectivity index (χ0n) is 8.17. The summed E-state index contributed by atoms with van der Waals surface area (Å²) in [5.41, 5.74) is 1.23. The van der Waals surface area contributed by atoms with Gasteiger partial charge in [-0.3, -0.25) is 4.79 Å². The number of halogens is 1. The summed E-state index contributed by atoms with van der Waals surface area (Å²) >= 11 is 0. The molecule has 0 radical (unpaired) electrons. The van der Waals surface area contributed by atoms with Crippen LogP contribution in [-0.2, 0) is 4.79 Å². The van der Waals surface area contributed by atoms with Gasteiger partial charge in [-0.25, -0.2) is 4.39 Å². The van der Waals surface area contributed by atoms with Crippen LogP contribution in [0.1, 0.15) is 13.8 Å². The number of carbonyl (C=O) groups is 1. The Morgan fingerprint density at radius 1 is 1.36 bits per heavy atom. The summed E-state index contributed by atoms with van der Waals surface area (Å²) in [6.45, 7) is 3.51. The lowest BCUT2D eigenvalue weighted by Crippen LogP contribution is -2.12. The van der Waals surface area contributed by atoms with Crippen LogP contribution in [0.5, 0.6) is 0 Å². The van der Waals surface area contributed by atoms with Gasteiger partial charge in [-0.1, -0.05) is 6.08 Å². The van der Waals surface area contributed by atoms with E-state index in [1.807, 2.05) is 0 Å². The molecular formula is C11H12FNO. The van der Waals surface area contributed by atoms with E-state index in [1.165, 1.54) is 24.3 Å². The van der Waals surface area contributed by atoms with Gasteiger partial charge in [0.2, 0.25) is 0 Å². The van der Waals surface area contributed by atoms with Crippen LogP contribution in [0.3, 0.4) is 0 Å². The monoisotopic (exact) mass is 193 g/mol. The van der Waals surface area contributed by atoms with E-state index in [2.05, 4.69) is 5.32 Å². The fraction of sp³-hybridized carbons (Fsp3) is 0.182. The minimum Gasteiger partial charge on any atom is -0.322 e. The molecule has 0 saturated heterocycles. The molecule has 3 heteroatoms. The van der Waals surface area contributed by atoms with Crippen molar-refractivity contribution in [1.82, 2.24) is 0 Å². The van der Waals surface area contributed by atoms with E-state index in [1.54, 1.807) is 19.9 Å². The molecule has 14 heavy (non-hydrogen) atoms. The smallest absolute Gasteiger partial charge is 0.250 e. The third-order valence-electron chi connectivity index (χ3n) is 1.89. The van der Waals surface area contributed by atoms with E-state index >= 15 is 0 Å². The lowest BCUT2D eigenvalue weighted by molar-refractivity contribution is -0.112. The van der Waals surface area contributed by atoms with Crippen LogP contribution in [0.2, 0.25) is 0 Å². The van der Waals surface area contributed by atoms with Gasteiger partial charge in [0.05, 0.1) is 0 Å². The summed E-state index contributed by atoms with van der Waals surface area (Å²) in [7, 11) is 0. The highest BCUT2D eigenvalue weighted by Crippen LogP contribution is 2.09. The van der Waals surface area contributed by atoms with Crippen molar-refractivity contribution in [3.8, 4) is 0 Å². The maximum atomic E-state index is 12.5. The number of amides is 1. The van der Waals surface area contributed by atoms with E-state index in [4.69, 9.17) is 0 Å². The summed E-state index contributed by atoms with van der Waals surface area (Å²) in [5, 5.41) is 2.65. The number of carbonyl (C=O) groups excluding carboxylic acids is 1. The number of anilines is 1. The molecule has 0 aliphatic heterocycles. The van der Waals surface area contributed by atoms with Crippen LogP contribution in [0.25, 0.3) is 0 Å². The van der Waals surface area contributed by atoms with Gasteiger partial charge in [0, 0.05) is 11.3 Å². The molecule has 1 aromatic rings. The number of allylic oxidation sites excluding steroid dienone is 1. The summed E-state index contributed by atoms with van der Waals surface area (Å²) in [5.74, 6) is -0.482. The first-order valence-electron chi connectivity index (χ1n) is 4.33. The average molecular weight is 193 g/mol. The minimum atomic E-state index is -0.314. The van der Waals surface area contributed by atoms with Gasteiger partial charge in [0.15, 0.2) is 0 Å². The van der Waals surface area contributed by atoms with Crippen LogP contribution in [0.15, 0.2) is 35.9 Å². The van der Waals surface area contributed by atoms with E-state index < -0.39 is 0 Å². The van der Waals surface area contributed by atoms with Crippen LogP contribution < -0.4 is 5.32 Å². The molecule has 1 N–H and O–H groups in total. The van der Waals surface area contributed by atoms with Gasteiger partial charge in [0.1, 0.15) is 5.82 Å². The Bertz CT molecular complexity index is 354. The lowest BCUT2D eigenvalue weighted by Gasteiger charge is -2.04. The zero-order chi connectivity index (χ0) is 10.6. The summed E-state index contributed by atoms with van der Waals surface area (Å²) in [4.78, 5) is 11.4. The van der Waals surface area contributed by atoms with Crippen LogP contribution in [-0.4, -0.2) is 5.91 Å². The van der Waals surface area contributed by atoms with Gasteiger partial charge >= 0.3 is 0 Å². The third-order valence-corrected chi connectivity index (χ3v) is 1.89. The highest BCUT2D eigenvalue weighted by Gasteiger charge is 2.02. The number of benzene rings is 1. The standard InChI is InChI=1S/C11H12FNO/c1-3-8(2)11(14)13-10-6-4-9(12)5-7-10/h3-7H,1-2H3,(H,13,14)/b8-3-. The molecule has 0 fully saturated rings. The second-order valence-corrected chi connectivity index (χ2v) is 2.93. The van der Waals surface area contributed by atoms with Crippen LogP contribution in [0.4, 0.5) is 10.1 Å². The molecule has 0 spiro atoms. The van der Waals surface area contributed by atoms with Crippen LogP contribution >= 0.6 is 0 Å². The summed E-state index contributed by atoms with van der Waals surface area (Å²) < 4.78 is 12.5.